The van der Waals surface area contributed by atoms with Gasteiger partial charge in [-0.05, 0) is 24.3 Å². The Morgan fingerprint density at radius 3 is 2.04 bits per heavy atom. The fourth-order valence-corrected chi connectivity index (χ4v) is 2.96. The fourth-order valence-electron chi connectivity index (χ4n) is 2.74. The molecular weight excluding hydrogens is 346 g/mol. The molecule has 0 spiro atoms. The van der Waals surface area contributed by atoms with E-state index >= 15 is 0 Å². The van der Waals surface area contributed by atoms with Gasteiger partial charge in [-0.25, -0.2) is 9.36 Å². The van der Waals surface area contributed by atoms with Gasteiger partial charge >= 0.3 is 5.76 Å². The van der Waals surface area contributed by atoms with Crippen LogP contribution in [0.4, 0.5) is 0 Å². The highest BCUT2D eigenvalue weighted by Gasteiger charge is 2.36. The van der Waals surface area contributed by atoms with Gasteiger partial charge < -0.3 is 0 Å². The number of carbonyl (C=O) groups is 2. The van der Waals surface area contributed by atoms with Crippen LogP contribution in [-0.4, -0.2) is 26.4 Å². The summed E-state index contributed by atoms with van der Waals surface area (Å²) in [6.07, 6.45) is 0. The van der Waals surface area contributed by atoms with E-state index in [0.717, 1.165) is 9.47 Å². The number of benzene rings is 2. The van der Waals surface area contributed by atoms with E-state index < -0.39 is 17.6 Å². The lowest BCUT2D eigenvalue weighted by molar-refractivity contribution is 0.0603. The standard InChI is InChI=1S/C17H10ClN3O4/c18-13-8-4-3-7-12(13)14-19-25-17(24)20(14)9-21-15(22)10-5-1-2-6-11(10)16(21)23/h1-8H,9H2. The van der Waals surface area contributed by atoms with Gasteiger partial charge in [0.15, 0.2) is 5.82 Å². The summed E-state index contributed by atoms with van der Waals surface area (Å²) in [6.45, 7) is -0.310. The van der Waals surface area contributed by atoms with Crippen molar-refractivity contribution in [3.63, 3.8) is 0 Å². The molecule has 0 saturated heterocycles. The molecule has 4 rings (SSSR count). The molecule has 1 aliphatic rings. The average Bonchev–Trinajstić information content (AvgIpc) is 3.09. The van der Waals surface area contributed by atoms with Crippen LogP contribution < -0.4 is 5.76 Å². The normalized spacial score (nSPS) is 13.4. The van der Waals surface area contributed by atoms with Gasteiger partial charge in [-0.2, -0.15) is 0 Å². The van der Waals surface area contributed by atoms with Crippen molar-refractivity contribution >= 4 is 23.4 Å². The Hall–Kier alpha value is -3.19. The number of amides is 2. The van der Waals surface area contributed by atoms with E-state index in [1.54, 1.807) is 48.5 Å². The van der Waals surface area contributed by atoms with Crippen LogP contribution in [0.15, 0.2) is 57.8 Å². The molecule has 0 saturated carbocycles. The van der Waals surface area contributed by atoms with E-state index in [9.17, 15) is 14.4 Å². The van der Waals surface area contributed by atoms with Crippen molar-refractivity contribution in [2.45, 2.75) is 6.67 Å². The van der Waals surface area contributed by atoms with Crippen LogP contribution in [0.3, 0.4) is 0 Å². The van der Waals surface area contributed by atoms with E-state index in [-0.39, 0.29) is 12.5 Å². The van der Waals surface area contributed by atoms with E-state index in [1.165, 1.54) is 0 Å². The predicted octanol–water partition coefficient (Wildman–Crippen LogP) is 2.41. The highest BCUT2D eigenvalue weighted by molar-refractivity contribution is 6.33. The second kappa shape index (κ2) is 5.71. The first kappa shape index (κ1) is 15.3. The molecule has 2 aromatic carbocycles. The highest BCUT2D eigenvalue weighted by Crippen LogP contribution is 2.27. The lowest BCUT2D eigenvalue weighted by Gasteiger charge is -2.14. The molecule has 0 bridgehead atoms. The molecule has 25 heavy (non-hydrogen) atoms. The zero-order chi connectivity index (χ0) is 17.6. The topological polar surface area (TPSA) is 85.4 Å². The average molecular weight is 356 g/mol. The summed E-state index contributed by atoms with van der Waals surface area (Å²) in [5, 5.41) is 4.10. The molecule has 1 aromatic heterocycles. The Kier molecular flexibility index (Phi) is 3.51. The first-order valence-corrected chi connectivity index (χ1v) is 7.72. The Bertz CT molecular complexity index is 1030. The minimum atomic E-state index is -0.786. The van der Waals surface area contributed by atoms with Gasteiger partial charge in [-0.1, -0.05) is 41.0 Å². The molecule has 2 amide bonds. The number of aromatic nitrogens is 2. The van der Waals surface area contributed by atoms with Crippen LogP contribution in [0.5, 0.6) is 0 Å². The first-order chi connectivity index (χ1) is 12.1. The van der Waals surface area contributed by atoms with Crippen LogP contribution >= 0.6 is 11.6 Å². The van der Waals surface area contributed by atoms with Gasteiger partial charge in [0.25, 0.3) is 11.8 Å². The molecule has 124 valence electrons. The summed E-state index contributed by atoms with van der Waals surface area (Å²) in [5.41, 5.74) is 1.07. The minimum absolute atomic E-state index is 0.146. The smallest absolute Gasteiger partial charge is 0.295 e. The summed E-state index contributed by atoms with van der Waals surface area (Å²) in [4.78, 5) is 38.0. The van der Waals surface area contributed by atoms with Gasteiger partial charge in [0.1, 0.15) is 6.67 Å². The highest BCUT2D eigenvalue weighted by atomic mass is 35.5. The van der Waals surface area contributed by atoms with E-state index in [1.807, 2.05) is 0 Å². The zero-order valence-corrected chi connectivity index (χ0v) is 13.4. The molecule has 7 nitrogen and oxygen atoms in total. The Labute approximate surface area is 146 Å². The van der Waals surface area contributed by atoms with Gasteiger partial charge in [-0.3, -0.25) is 19.0 Å². The minimum Gasteiger partial charge on any atom is -0.295 e. The first-order valence-electron chi connectivity index (χ1n) is 7.34. The third kappa shape index (κ3) is 2.36. The second-order valence-electron chi connectivity index (χ2n) is 5.41. The van der Waals surface area contributed by atoms with Crippen LogP contribution in [-0.2, 0) is 6.67 Å². The molecule has 0 fully saturated rings. The van der Waals surface area contributed by atoms with Gasteiger partial charge in [-0.15, -0.1) is 0 Å². The summed E-state index contributed by atoms with van der Waals surface area (Å²) >= 11 is 6.14. The lowest BCUT2D eigenvalue weighted by Crippen LogP contribution is -2.35. The number of imide groups is 1. The van der Waals surface area contributed by atoms with Crippen molar-refractivity contribution in [1.82, 2.24) is 14.6 Å². The summed E-state index contributed by atoms with van der Waals surface area (Å²) in [7, 11) is 0. The molecule has 0 atom stereocenters. The van der Waals surface area contributed by atoms with E-state index in [2.05, 4.69) is 5.16 Å². The third-order valence-electron chi connectivity index (χ3n) is 3.96. The molecule has 8 heteroatoms. The fraction of sp³-hybridized carbons (Fsp3) is 0.0588. The van der Waals surface area contributed by atoms with Gasteiger partial charge in [0.05, 0.1) is 16.1 Å². The SMILES string of the molecule is O=C1c2ccccc2C(=O)N1Cn1c(-c2ccccc2Cl)noc1=O. The van der Waals surface area contributed by atoms with E-state index in [0.29, 0.717) is 21.7 Å². The monoisotopic (exact) mass is 355 g/mol. The number of fused-ring (bicyclic) bond motifs is 1. The molecule has 0 radical (unpaired) electrons. The molecular formula is C17H10ClN3O4. The second-order valence-corrected chi connectivity index (χ2v) is 5.81. The van der Waals surface area contributed by atoms with E-state index in [4.69, 9.17) is 16.1 Å². The molecule has 0 aliphatic carbocycles. The van der Waals surface area contributed by atoms with Crippen molar-refractivity contribution in [2.75, 3.05) is 0 Å². The molecule has 3 aromatic rings. The zero-order valence-electron chi connectivity index (χ0n) is 12.7. The Morgan fingerprint density at radius 2 is 1.44 bits per heavy atom. The maximum Gasteiger partial charge on any atom is 0.443 e. The molecule has 1 aliphatic heterocycles. The van der Waals surface area contributed by atoms with Crippen molar-refractivity contribution in [1.29, 1.82) is 0 Å². The quantitative estimate of drug-likeness (QED) is 0.673. The number of hydrogen-bond acceptors (Lipinski definition) is 5. The third-order valence-corrected chi connectivity index (χ3v) is 4.29. The van der Waals surface area contributed by atoms with Crippen molar-refractivity contribution in [3.05, 3.63) is 75.2 Å². The van der Waals surface area contributed by atoms with Crippen LogP contribution in [0.1, 0.15) is 20.7 Å². The Balaban J connectivity index is 1.75. The Morgan fingerprint density at radius 1 is 0.880 bits per heavy atom. The molecule has 0 unspecified atom stereocenters. The lowest BCUT2D eigenvalue weighted by atomic mass is 10.1. The van der Waals surface area contributed by atoms with Crippen LogP contribution in [0, 0.1) is 0 Å². The number of rotatable bonds is 3. The van der Waals surface area contributed by atoms with Gasteiger partial charge in [0, 0.05) is 5.56 Å². The predicted molar refractivity (Wildman–Crippen MR) is 88.2 cm³/mol. The number of hydrogen-bond donors (Lipinski definition) is 0. The van der Waals surface area contributed by atoms with Crippen LogP contribution in [0.2, 0.25) is 5.02 Å². The number of nitrogens with zero attached hydrogens (tertiary/aromatic N) is 3. The van der Waals surface area contributed by atoms with Gasteiger partial charge in [0.2, 0.25) is 0 Å². The van der Waals surface area contributed by atoms with Crippen molar-refractivity contribution < 1.29 is 14.1 Å². The number of halogens is 1. The summed E-state index contributed by atoms with van der Waals surface area (Å²) in [5.74, 6) is -1.59. The largest absolute Gasteiger partial charge is 0.443 e. The maximum atomic E-state index is 12.5. The summed E-state index contributed by atoms with van der Waals surface area (Å²) < 4.78 is 5.81. The molecule has 2 heterocycles. The molecule has 0 N–H and O–H groups in total. The maximum absolute atomic E-state index is 12.5. The van der Waals surface area contributed by atoms with Crippen molar-refractivity contribution in [3.8, 4) is 11.4 Å². The van der Waals surface area contributed by atoms with Crippen molar-refractivity contribution in [2.24, 2.45) is 0 Å². The summed E-state index contributed by atoms with van der Waals surface area (Å²) in [6, 6.07) is 13.3. The number of carbonyl (C=O) groups excluding carboxylic acids is 2. The van der Waals surface area contributed by atoms with Crippen LogP contribution in [0.25, 0.3) is 11.4 Å².